The van der Waals surface area contributed by atoms with Crippen LogP contribution in [0.2, 0.25) is 0 Å². The molecular formula is C27H31N5O8. The topological polar surface area (TPSA) is 177 Å². The van der Waals surface area contributed by atoms with Gasteiger partial charge in [-0.25, -0.2) is 4.79 Å². The van der Waals surface area contributed by atoms with Crippen LogP contribution in [0, 0.1) is 10.1 Å². The summed E-state index contributed by atoms with van der Waals surface area (Å²) >= 11 is 0. The van der Waals surface area contributed by atoms with E-state index >= 15 is 0 Å². The van der Waals surface area contributed by atoms with Crippen LogP contribution in [0.15, 0.2) is 42.5 Å². The van der Waals surface area contributed by atoms with E-state index in [0.29, 0.717) is 5.69 Å². The van der Waals surface area contributed by atoms with Crippen molar-refractivity contribution in [3.05, 3.63) is 69.3 Å². The number of amides is 5. The number of imide groups is 1. The summed E-state index contributed by atoms with van der Waals surface area (Å²) in [6.45, 7) is 5.65. The molecule has 0 fully saturated rings. The first-order valence-corrected chi connectivity index (χ1v) is 12.6. The van der Waals surface area contributed by atoms with Gasteiger partial charge < -0.3 is 20.7 Å². The normalized spacial score (nSPS) is 12.5. The molecular weight excluding hydrogens is 522 g/mol. The number of fused-ring (bicyclic) bond motifs is 1. The first-order chi connectivity index (χ1) is 18.8. The minimum atomic E-state index is -0.636. The molecule has 0 atom stereocenters. The highest BCUT2D eigenvalue weighted by Gasteiger charge is 2.36. The Morgan fingerprint density at radius 1 is 0.925 bits per heavy atom. The molecule has 0 spiro atoms. The van der Waals surface area contributed by atoms with E-state index in [2.05, 4.69) is 16.0 Å². The second kappa shape index (κ2) is 12.8. The van der Waals surface area contributed by atoms with E-state index in [-0.39, 0.29) is 67.5 Å². The van der Waals surface area contributed by atoms with Crippen molar-refractivity contribution in [2.75, 3.05) is 18.4 Å². The summed E-state index contributed by atoms with van der Waals surface area (Å²) in [4.78, 5) is 72.3. The van der Waals surface area contributed by atoms with Gasteiger partial charge in [0.25, 0.3) is 17.5 Å². The molecule has 2 aromatic carbocycles. The van der Waals surface area contributed by atoms with Gasteiger partial charge in [-0.2, -0.15) is 0 Å². The minimum absolute atomic E-state index is 0.000502. The first-order valence-electron chi connectivity index (χ1n) is 12.6. The number of nitro groups is 1. The zero-order valence-electron chi connectivity index (χ0n) is 22.4. The maximum Gasteiger partial charge on any atom is 0.407 e. The van der Waals surface area contributed by atoms with Crippen molar-refractivity contribution in [1.82, 2.24) is 15.5 Å². The van der Waals surface area contributed by atoms with Crippen LogP contribution in [0.25, 0.3) is 0 Å². The number of nitrogens with one attached hydrogen (secondary N) is 3. The average molecular weight is 554 g/mol. The molecule has 13 heteroatoms. The van der Waals surface area contributed by atoms with Crippen LogP contribution in [0.4, 0.5) is 16.2 Å². The maximum absolute atomic E-state index is 12.5. The first kappa shape index (κ1) is 29.7. The number of ether oxygens (including phenoxy) is 1. The van der Waals surface area contributed by atoms with E-state index in [1.165, 1.54) is 12.1 Å². The molecule has 40 heavy (non-hydrogen) atoms. The minimum Gasteiger partial charge on any atom is -0.444 e. The molecule has 13 nitrogen and oxygen atoms in total. The van der Waals surface area contributed by atoms with Crippen LogP contribution in [0.3, 0.4) is 0 Å². The van der Waals surface area contributed by atoms with Gasteiger partial charge in [-0.3, -0.25) is 34.2 Å². The second-order valence-electron chi connectivity index (χ2n) is 10.1. The Bertz CT molecular complexity index is 1320. The summed E-state index contributed by atoms with van der Waals surface area (Å²) in [6.07, 6.45) is -0.238. The number of non-ortho nitro benzene ring substituents is 1. The average Bonchev–Trinajstić information content (AvgIpc) is 3.11. The summed E-state index contributed by atoms with van der Waals surface area (Å²) in [5.74, 6) is -1.72. The molecule has 0 bridgehead atoms. The van der Waals surface area contributed by atoms with Crippen LogP contribution in [-0.2, 0) is 20.9 Å². The van der Waals surface area contributed by atoms with Crippen molar-refractivity contribution < 1.29 is 33.6 Å². The highest BCUT2D eigenvalue weighted by atomic mass is 16.6. The van der Waals surface area contributed by atoms with E-state index in [0.717, 1.165) is 16.5 Å². The third kappa shape index (κ3) is 8.35. The van der Waals surface area contributed by atoms with Crippen molar-refractivity contribution in [1.29, 1.82) is 0 Å². The van der Waals surface area contributed by atoms with E-state index in [1.807, 2.05) is 0 Å². The number of alkyl carbamates (subject to hydrolysis) is 1. The number of benzene rings is 2. The van der Waals surface area contributed by atoms with Gasteiger partial charge in [0.15, 0.2) is 0 Å². The number of carbonyl (C=O) groups is 5. The van der Waals surface area contributed by atoms with Crippen LogP contribution >= 0.6 is 0 Å². The molecule has 0 saturated carbocycles. The monoisotopic (exact) mass is 553 g/mol. The van der Waals surface area contributed by atoms with E-state index in [1.54, 1.807) is 45.0 Å². The molecule has 1 heterocycles. The zero-order chi connectivity index (χ0) is 29.4. The van der Waals surface area contributed by atoms with Crippen molar-refractivity contribution in [2.45, 2.75) is 52.2 Å². The third-order valence-corrected chi connectivity index (χ3v) is 5.70. The number of hydrogen-bond donors (Lipinski definition) is 3. The predicted octanol–water partition coefficient (Wildman–Crippen LogP) is 3.14. The van der Waals surface area contributed by atoms with Crippen LogP contribution in [0.5, 0.6) is 0 Å². The molecule has 3 N–H and O–H groups in total. The quantitative estimate of drug-likeness (QED) is 0.216. The molecule has 3 rings (SSSR count). The van der Waals surface area contributed by atoms with E-state index in [9.17, 15) is 34.1 Å². The Balaban J connectivity index is 1.37. The molecule has 0 aromatic heterocycles. The van der Waals surface area contributed by atoms with E-state index < -0.39 is 28.4 Å². The summed E-state index contributed by atoms with van der Waals surface area (Å²) in [6, 6.07) is 10.4. The number of nitrogens with zero attached hydrogens (tertiary/aromatic N) is 2. The highest BCUT2D eigenvalue weighted by Crippen LogP contribution is 2.27. The van der Waals surface area contributed by atoms with Crippen molar-refractivity contribution in [3.8, 4) is 0 Å². The molecule has 1 aliphatic heterocycles. The zero-order valence-corrected chi connectivity index (χ0v) is 22.4. The number of rotatable bonds is 11. The number of nitro benzene ring substituents is 1. The predicted molar refractivity (Wildman–Crippen MR) is 143 cm³/mol. The fourth-order valence-electron chi connectivity index (χ4n) is 3.80. The smallest absolute Gasteiger partial charge is 0.407 e. The SMILES string of the molecule is CC(C)(C)OC(=O)NCCC(=O)NCc1ccc(NC(=O)CCCN2C(=O)c3ccc([N+](=O)[O-])cc3C2=O)cc1. The van der Waals surface area contributed by atoms with Crippen molar-refractivity contribution >= 4 is 41.1 Å². The number of anilines is 1. The Morgan fingerprint density at radius 3 is 2.25 bits per heavy atom. The van der Waals surface area contributed by atoms with E-state index in [4.69, 9.17) is 4.74 Å². The van der Waals surface area contributed by atoms with Crippen LogP contribution in [0.1, 0.15) is 66.3 Å². The van der Waals surface area contributed by atoms with Crippen molar-refractivity contribution in [2.24, 2.45) is 0 Å². The Hall–Kier alpha value is -4.81. The Morgan fingerprint density at radius 2 is 1.60 bits per heavy atom. The van der Waals surface area contributed by atoms with Gasteiger partial charge in [0.05, 0.1) is 16.1 Å². The van der Waals surface area contributed by atoms with Gasteiger partial charge in [0, 0.05) is 50.3 Å². The largest absolute Gasteiger partial charge is 0.444 e. The molecule has 212 valence electrons. The molecule has 0 saturated heterocycles. The lowest BCUT2D eigenvalue weighted by atomic mass is 10.1. The summed E-state index contributed by atoms with van der Waals surface area (Å²) < 4.78 is 5.10. The summed E-state index contributed by atoms with van der Waals surface area (Å²) in [5.41, 5.74) is 0.536. The maximum atomic E-state index is 12.5. The van der Waals surface area contributed by atoms with Gasteiger partial charge in [0.2, 0.25) is 11.8 Å². The standard InChI is InChI=1S/C27H31N5O8/c1-27(2,3)40-26(37)28-13-12-22(33)29-16-17-6-8-18(9-7-17)30-23(34)5-4-14-31-24(35)20-11-10-19(32(38)39)15-21(20)25(31)36/h6-11,15H,4-5,12-14,16H2,1-3H3,(H,28,37)(H,29,33)(H,30,34). The number of carbonyl (C=O) groups excluding carboxylic acids is 5. The molecule has 0 unspecified atom stereocenters. The lowest BCUT2D eigenvalue weighted by Crippen LogP contribution is -2.35. The fraction of sp³-hybridized carbons (Fsp3) is 0.370. The van der Waals surface area contributed by atoms with Crippen LogP contribution in [-0.4, -0.2) is 58.2 Å². The third-order valence-electron chi connectivity index (χ3n) is 5.70. The summed E-state index contributed by atoms with van der Waals surface area (Å²) in [5, 5.41) is 18.9. The molecule has 1 aliphatic rings. The van der Waals surface area contributed by atoms with Gasteiger partial charge in [-0.05, 0) is 51.0 Å². The lowest BCUT2D eigenvalue weighted by Gasteiger charge is -2.19. The Kier molecular flexibility index (Phi) is 9.54. The molecule has 5 amide bonds. The number of hydrogen-bond acceptors (Lipinski definition) is 8. The van der Waals surface area contributed by atoms with Crippen LogP contribution < -0.4 is 16.0 Å². The van der Waals surface area contributed by atoms with Gasteiger partial charge >= 0.3 is 6.09 Å². The van der Waals surface area contributed by atoms with Gasteiger partial charge in [-0.15, -0.1) is 0 Å². The fourth-order valence-corrected chi connectivity index (χ4v) is 3.80. The Labute approximate surface area is 230 Å². The van der Waals surface area contributed by atoms with Gasteiger partial charge in [-0.1, -0.05) is 12.1 Å². The highest BCUT2D eigenvalue weighted by molar-refractivity contribution is 6.21. The second-order valence-corrected chi connectivity index (χ2v) is 10.1. The molecule has 0 aliphatic carbocycles. The lowest BCUT2D eigenvalue weighted by molar-refractivity contribution is -0.384. The van der Waals surface area contributed by atoms with Gasteiger partial charge in [0.1, 0.15) is 5.60 Å². The molecule has 2 aromatic rings. The van der Waals surface area contributed by atoms with Crippen molar-refractivity contribution in [3.63, 3.8) is 0 Å². The summed E-state index contributed by atoms with van der Waals surface area (Å²) in [7, 11) is 0. The molecule has 0 radical (unpaired) electrons.